The van der Waals surface area contributed by atoms with Gasteiger partial charge in [-0.25, -0.2) is 21.9 Å². The van der Waals surface area contributed by atoms with Crippen LogP contribution in [0.1, 0.15) is 20.1 Å². The van der Waals surface area contributed by atoms with Crippen molar-refractivity contribution in [3.63, 3.8) is 0 Å². The second-order valence-electron chi connectivity index (χ2n) is 5.39. The van der Waals surface area contributed by atoms with Crippen LogP contribution in [-0.2, 0) is 16.6 Å². The third kappa shape index (κ3) is 4.21. The molecule has 0 aliphatic rings. The predicted octanol–water partition coefficient (Wildman–Crippen LogP) is 3.74. The lowest BCUT2D eigenvalue weighted by atomic mass is 10.1. The number of sulfonamides is 1. The standard InChI is InChI=1S/C18H13F2NO3S2/c19-13-8-14(20)10-16(9-13)26(23,24)21-11-15-6-7-17(25-15)18(22)12-4-2-1-3-5-12/h1-10,21H,11H2. The topological polar surface area (TPSA) is 63.2 Å². The summed E-state index contributed by atoms with van der Waals surface area (Å²) in [7, 11) is -4.07. The average Bonchev–Trinajstić information content (AvgIpc) is 3.08. The van der Waals surface area contributed by atoms with E-state index in [4.69, 9.17) is 0 Å². The van der Waals surface area contributed by atoms with Gasteiger partial charge in [0.1, 0.15) is 11.6 Å². The second kappa shape index (κ2) is 7.45. The Kier molecular flexibility index (Phi) is 5.26. The smallest absolute Gasteiger partial charge is 0.241 e. The molecular formula is C18H13F2NO3S2. The quantitative estimate of drug-likeness (QED) is 0.649. The number of hydrogen-bond donors (Lipinski definition) is 1. The summed E-state index contributed by atoms with van der Waals surface area (Å²) in [6.07, 6.45) is 0. The highest BCUT2D eigenvalue weighted by molar-refractivity contribution is 7.89. The molecule has 4 nitrogen and oxygen atoms in total. The molecular weight excluding hydrogens is 380 g/mol. The van der Waals surface area contributed by atoms with Gasteiger partial charge in [0.15, 0.2) is 0 Å². The van der Waals surface area contributed by atoms with E-state index in [1.165, 1.54) is 0 Å². The van der Waals surface area contributed by atoms with Crippen LogP contribution in [0.3, 0.4) is 0 Å². The first-order chi connectivity index (χ1) is 12.3. The summed E-state index contributed by atoms with van der Waals surface area (Å²) in [5.74, 6) is -2.11. The number of carbonyl (C=O) groups excluding carboxylic acids is 1. The highest BCUT2D eigenvalue weighted by Crippen LogP contribution is 2.21. The minimum Gasteiger partial charge on any atom is -0.288 e. The van der Waals surface area contributed by atoms with E-state index in [0.29, 0.717) is 21.4 Å². The average molecular weight is 393 g/mol. The molecule has 3 aromatic rings. The lowest BCUT2D eigenvalue weighted by Crippen LogP contribution is -2.23. The van der Waals surface area contributed by atoms with Crippen LogP contribution in [0.25, 0.3) is 0 Å². The van der Waals surface area contributed by atoms with Gasteiger partial charge in [-0.1, -0.05) is 30.3 Å². The van der Waals surface area contributed by atoms with Gasteiger partial charge in [0.25, 0.3) is 0 Å². The van der Waals surface area contributed by atoms with Crippen LogP contribution >= 0.6 is 11.3 Å². The van der Waals surface area contributed by atoms with Crippen molar-refractivity contribution in [1.82, 2.24) is 4.72 Å². The summed E-state index contributed by atoms with van der Waals surface area (Å²) >= 11 is 1.15. The van der Waals surface area contributed by atoms with E-state index in [9.17, 15) is 22.0 Å². The van der Waals surface area contributed by atoms with Gasteiger partial charge in [0, 0.05) is 23.1 Å². The monoisotopic (exact) mass is 393 g/mol. The first-order valence-corrected chi connectivity index (χ1v) is 9.79. The molecule has 0 radical (unpaired) electrons. The Bertz CT molecular complexity index is 1030. The van der Waals surface area contributed by atoms with Crippen molar-refractivity contribution in [3.8, 4) is 0 Å². The largest absolute Gasteiger partial charge is 0.288 e. The molecule has 1 aromatic heterocycles. The van der Waals surface area contributed by atoms with Crippen molar-refractivity contribution in [2.75, 3.05) is 0 Å². The lowest BCUT2D eigenvalue weighted by Gasteiger charge is -2.06. The molecule has 0 saturated carbocycles. The number of thiophene rings is 1. The Labute approximate surface area is 153 Å². The molecule has 0 aliphatic carbocycles. The summed E-state index contributed by atoms with van der Waals surface area (Å²) in [5, 5.41) is 0. The van der Waals surface area contributed by atoms with Gasteiger partial charge < -0.3 is 0 Å². The van der Waals surface area contributed by atoms with Crippen LogP contribution in [0, 0.1) is 11.6 Å². The molecule has 0 spiro atoms. The van der Waals surface area contributed by atoms with E-state index < -0.39 is 26.6 Å². The lowest BCUT2D eigenvalue weighted by molar-refractivity contribution is 0.104. The van der Waals surface area contributed by atoms with Crippen molar-refractivity contribution in [2.24, 2.45) is 0 Å². The number of halogens is 2. The first-order valence-electron chi connectivity index (χ1n) is 7.49. The number of carbonyl (C=O) groups is 1. The zero-order valence-corrected chi connectivity index (χ0v) is 14.9. The molecule has 3 rings (SSSR count). The van der Waals surface area contributed by atoms with Crippen LogP contribution in [-0.4, -0.2) is 14.2 Å². The van der Waals surface area contributed by atoms with Crippen molar-refractivity contribution >= 4 is 27.1 Å². The number of benzene rings is 2. The highest BCUT2D eigenvalue weighted by Gasteiger charge is 2.17. The summed E-state index contributed by atoms with van der Waals surface area (Å²) in [6.45, 7) is -0.0901. The molecule has 0 amide bonds. The van der Waals surface area contributed by atoms with Gasteiger partial charge in [0.05, 0.1) is 9.77 Å². The van der Waals surface area contributed by atoms with E-state index in [-0.39, 0.29) is 12.3 Å². The van der Waals surface area contributed by atoms with Gasteiger partial charge in [-0.2, -0.15) is 0 Å². The van der Waals surface area contributed by atoms with Crippen LogP contribution < -0.4 is 4.72 Å². The zero-order chi connectivity index (χ0) is 18.7. The zero-order valence-electron chi connectivity index (χ0n) is 13.3. The second-order valence-corrected chi connectivity index (χ2v) is 8.33. The first kappa shape index (κ1) is 18.4. The minimum atomic E-state index is -4.07. The fraction of sp³-hybridized carbons (Fsp3) is 0.0556. The van der Waals surface area contributed by atoms with E-state index in [2.05, 4.69) is 4.72 Å². The summed E-state index contributed by atoms with van der Waals surface area (Å²) in [6, 6.07) is 14.0. The molecule has 0 saturated heterocycles. The normalized spacial score (nSPS) is 11.5. The van der Waals surface area contributed by atoms with E-state index in [1.54, 1.807) is 42.5 Å². The summed E-state index contributed by atoms with van der Waals surface area (Å²) in [4.78, 5) is 12.9. The van der Waals surface area contributed by atoms with Crippen LogP contribution in [0.5, 0.6) is 0 Å². The van der Waals surface area contributed by atoms with Crippen molar-refractivity contribution < 1.29 is 22.0 Å². The molecule has 2 aromatic carbocycles. The Morgan fingerprint density at radius 3 is 2.27 bits per heavy atom. The molecule has 8 heteroatoms. The Hall–Kier alpha value is -2.42. The Balaban J connectivity index is 1.72. The molecule has 0 bridgehead atoms. The number of hydrogen-bond acceptors (Lipinski definition) is 4. The van der Waals surface area contributed by atoms with E-state index in [1.807, 2.05) is 0 Å². The van der Waals surface area contributed by atoms with Crippen LogP contribution in [0.15, 0.2) is 65.6 Å². The maximum atomic E-state index is 13.2. The number of ketones is 1. The van der Waals surface area contributed by atoms with Crippen molar-refractivity contribution in [3.05, 3.63) is 87.6 Å². The molecule has 1 heterocycles. The maximum Gasteiger partial charge on any atom is 0.241 e. The predicted molar refractivity (Wildman–Crippen MR) is 94.6 cm³/mol. The molecule has 26 heavy (non-hydrogen) atoms. The van der Waals surface area contributed by atoms with Gasteiger partial charge >= 0.3 is 0 Å². The highest BCUT2D eigenvalue weighted by atomic mass is 32.2. The Morgan fingerprint density at radius 1 is 0.962 bits per heavy atom. The van der Waals surface area contributed by atoms with Crippen molar-refractivity contribution in [1.29, 1.82) is 0 Å². The third-order valence-electron chi connectivity index (χ3n) is 3.50. The fourth-order valence-electron chi connectivity index (χ4n) is 2.26. The molecule has 0 atom stereocenters. The van der Waals surface area contributed by atoms with Gasteiger partial charge in [-0.05, 0) is 24.3 Å². The SMILES string of the molecule is O=C(c1ccccc1)c1ccc(CNS(=O)(=O)c2cc(F)cc(F)c2)s1. The van der Waals surface area contributed by atoms with Gasteiger partial charge in [-0.15, -0.1) is 11.3 Å². The minimum absolute atomic E-state index is 0.0901. The number of rotatable bonds is 6. The van der Waals surface area contributed by atoms with E-state index >= 15 is 0 Å². The van der Waals surface area contributed by atoms with Crippen LogP contribution in [0.2, 0.25) is 0 Å². The van der Waals surface area contributed by atoms with E-state index in [0.717, 1.165) is 23.5 Å². The molecule has 0 fully saturated rings. The molecule has 0 aliphatic heterocycles. The molecule has 134 valence electrons. The molecule has 0 unspecified atom stereocenters. The van der Waals surface area contributed by atoms with Crippen molar-refractivity contribution in [2.45, 2.75) is 11.4 Å². The molecule has 1 N–H and O–H groups in total. The summed E-state index contributed by atoms with van der Waals surface area (Å²) < 4.78 is 53.0. The third-order valence-corrected chi connectivity index (χ3v) is 5.97. The Morgan fingerprint density at radius 2 is 1.62 bits per heavy atom. The van der Waals surface area contributed by atoms with Gasteiger partial charge in [-0.3, -0.25) is 4.79 Å². The maximum absolute atomic E-state index is 13.2. The van der Waals surface area contributed by atoms with Crippen LogP contribution in [0.4, 0.5) is 8.78 Å². The number of nitrogens with one attached hydrogen (secondary N) is 1. The van der Waals surface area contributed by atoms with Gasteiger partial charge in [0.2, 0.25) is 15.8 Å². The summed E-state index contributed by atoms with van der Waals surface area (Å²) in [5.41, 5.74) is 0.539. The fourth-order valence-corrected chi connectivity index (χ4v) is 4.31.